The van der Waals surface area contributed by atoms with Crippen LogP contribution in [0.3, 0.4) is 0 Å². The highest BCUT2D eigenvalue weighted by atomic mass is 16.5. The lowest BCUT2D eigenvalue weighted by molar-refractivity contribution is 0.179. The van der Waals surface area contributed by atoms with Gasteiger partial charge in [-0.1, -0.05) is 0 Å². The van der Waals surface area contributed by atoms with Crippen molar-refractivity contribution < 1.29 is 4.74 Å². The predicted octanol–water partition coefficient (Wildman–Crippen LogP) is -0.509. The Labute approximate surface area is 117 Å². The topological polar surface area (TPSA) is 101 Å². The monoisotopic (exact) mass is 277 g/mol. The molecule has 108 valence electrons. The van der Waals surface area contributed by atoms with Gasteiger partial charge in [0.25, 0.3) is 0 Å². The summed E-state index contributed by atoms with van der Waals surface area (Å²) in [5.41, 5.74) is 14.4. The first-order chi connectivity index (χ1) is 9.71. The lowest BCUT2D eigenvalue weighted by Gasteiger charge is -2.22. The minimum atomic E-state index is 0.418. The number of hydrogen-bond donors (Lipinski definition) is 4. The Balaban J connectivity index is 2.27. The van der Waals surface area contributed by atoms with Gasteiger partial charge in [0.1, 0.15) is 23.0 Å². The molecule has 1 aromatic heterocycles. The van der Waals surface area contributed by atoms with Crippen LogP contribution in [0.5, 0.6) is 0 Å². The molecule has 1 aliphatic rings. The summed E-state index contributed by atoms with van der Waals surface area (Å²) < 4.78 is 6.98. The Morgan fingerprint density at radius 3 is 2.95 bits per heavy atom. The van der Waals surface area contributed by atoms with Gasteiger partial charge < -0.3 is 21.2 Å². The number of hydrazone groups is 1. The number of nitrogens with two attached hydrogens (primary N) is 1. The largest absolute Gasteiger partial charge is 0.382 e. The van der Waals surface area contributed by atoms with Crippen LogP contribution in [-0.2, 0) is 11.3 Å². The molecule has 0 spiro atoms. The van der Waals surface area contributed by atoms with E-state index < -0.39 is 0 Å². The van der Waals surface area contributed by atoms with Crippen molar-refractivity contribution >= 4 is 12.6 Å². The van der Waals surface area contributed by atoms with E-state index in [1.165, 1.54) is 0 Å². The molecule has 1 aromatic rings. The van der Waals surface area contributed by atoms with Crippen molar-refractivity contribution in [1.82, 2.24) is 15.4 Å². The highest BCUT2D eigenvalue weighted by Crippen LogP contribution is 2.13. The van der Waals surface area contributed by atoms with Crippen LogP contribution in [0.15, 0.2) is 33.7 Å². The highest BCUT2D eigenvalue weighted by molar-refractivity contribution is 5.97. The summed E-state index contributed by atoms with van der Waals surface area (Å²) >= 11 is 0. The number of nitrogens with one attached hydrogen (secondary N) is 3. The molecule has 0 aliphatic carbocycles. The van der Waals surface area contributed by atoms with Crippen molar-refractivity contribution in [2.45, 2.75) is 6.61 Å². The minimum Gasteiger partial charge on any atom is -0.382 e. The van der Waals surface area contributed by atoms with Crippen LogP contribution in [0.2, 0.25) is 0 Å². The van der Waals surface area contributed by atoms with Gasteiger partial charge in [0.15, 0.2) is 0 Å². The van der Waals surface area contributed by atoms with E-state index in [0.29, 0.717) is 19.0 Å². The SMILES string of the molecule is C=NNC1=C(N=C(N)c2ccc(COC)n2NC)CN1. The van der Waals surface area contributed by atoms with Crippen molar-refractivity contribution in [3.63, 3.8) is 0 Å². The summed E-state index contributed by atoms with van der Waals surface area (Å²) in [6.07, 6.45) is 0. The summed E-state index contributed by atoms with van der Waals surface area (Å²) in [6.45, 7) is 4.50. The summed E-state index contributed by atoms with van der Waals surface area (Å²) in [5.74, 6) is 1.14. The molecule has 0 radical (unpaired) electrons. The van der Waals surface area contributed by atoms with E-state index >= 15 is 0 Å². The van der Waals surface area contributed by atoms with E-state index in [1.54, 1.807) is 7.11 Å². The molecule has 8 nitrogen and oxygen atoms in total. The van der Waals surface area contributed by atoms with E-state index in [0.717, 1.165) is 22.9 Å². The van der Waals surface area contributed by atoms with Crippen molar-refractivity contribution in [3.05, 3.63) is 35.0 Å². The van der Waals surface area contributed by atoms with E-state index in [9.17, 15) is 0 Å². The zero-order valence-electron chi connectivity index (χ0n) is 11.6. The molecule has 2 heterocycles. The smallest absolute Gasteiger partial charge is 0.149 e. The van der Waals surface area contributed by atoms with E-state index in [-0.39, 0.29) is 0 Å². The number of methoxy groups -OCH3 is 1. The number of amidine groups is 1. The fourth-order valence-electron chi connectivity index (χ4n) is 1.94. The molecule has 0 atom stereocenters. The summed E-state index contributed by atoms with van der Waals surface area (Å²) in [4.78, 5) is 4.39. The van der Waals surface area contributed by atoms with Crippen molar-refractivity contribution in [1.29, 1.82) is 0 Å². The zero-order chi connectivity index (χ0) is 14.5. The Kier molecular flexibility index (Phi) is 4.26. The molecule has 0 saturated heterocycles. The van der Waals surface area contributed by atoms with Gasteiger partial charge in [-0.05, 0) is 12.1 Å². The van der Waals surface area contributed by atoms with Gasteiger partial charge >= 0.3 is 0 Å². The van der Waals surface area contributed by atoms with Gasteiger partial charge in [0.05, 0.1) is 18.8 Å². The third-order valence-electron chi connectivity index (χ3n) is 2.91. The maximum absolute atomic E-state index is 6.06. The second-order valence-electron chi connectivity index (χ2n) is 4.14. The van der Waals surface area contributed by atoms with Gasteiger partial charge in [-0.3, -0.25) is 10.1 Å². The second kappa shape index (κ2) is 6.11. The Morgan fingerprint density at radius 2 is 2.40 bits per heavy atom. The summed E-state index contributed by atoms with van der Waals surface area (Å²) in [6, 6.07) is 3.84. The van der Waals surface area contributed by atoms with E-state index in [2.05, 4.69) is 33.0 Å². The molecule has 0 unspecified atom stereocenters. The number of hydrogen-bond acceptors (Lipinski definition) is 6. The van der Waals surface area contributed by atoms with Gasteiger partial charge in [-0.15, -0.1) is 0 Å². The molecule has 1 aliphatic heterocycles. The first-order valence-corrected chi connectivity index (χ1v) is 6.11. The Hall–Kier alpha value is -2.48. The fraction of sp³-hybridized carbons (Fsp3) is 0.333. The van der Waals surface area contributed by atoms with Crippen LogP contribution < -0.4 is 21.9 Å². The van der Waals surface area contributed by atoms with Crippen molar-refractivity contribution in [3.8, 4) is 0 Å². The summed E-state index contributed by atoms with van der Waals surface area (Å²) in [5, 5.41) is 6.62. The Bertz CT molecular complexity index is 558. The number of nitrogens with zero attached hydrogens (tertiary/aromatic N) is 3. The molecular weight excluding hydrogens is 258 g/mol. The summed E-state index contributed by atoms with van der Waals surface area (Å²) in [7, 11) is 3.46. The van der Waals surface area contributed by atoms with Gasteiger partial charge in [0, 0.05) is 20.9 Å². The number of aliphatic imine (C=N–C) groups is 1. The third kappa shape index (κ3) is 2.59. The first-order valence-electron chi connectivity index (χ1n) is 6.11. The van der Waals surface area contributed by atoms with Crippen LogP contribution in [0.4, 0.5) is 0 Å². The first kappa shape index (κ1) is 13.9. The molecule has 0 amide bonds. The molecule has 5 N–H and O–H groups in total. The predicted molar refractivity (Wildman–Crippen MR) is 78.9 cm³/mol. The molecule has 2 rings (SSSR count). The molecule has 0 aromatic carbocycles. The highest BCUT2D eigenvalue weighted by Gasteiger charge is 2.17. The van der Waals surface area contributed by atoms with Crippen LogP contribution >= 0.6 is 0 Å². The molecule has 8 heteroatoms. The third-order valence-corrected chi connectivity index (χ3v) is 2.91. The average Bonchev–Trinajstić information content (AvgIpc) is 2.84. The van der Waals surface area contributed by atoms with Gasteiger partial charge in [-0.25, -0.2) is 4.99 Å². The maximum Gasteiger partial charge on any atom is 0.149 e. The second-order valence-corrected chi connectivity index (χ2v) is 4.14. The zero-order valence-corrected chi connectivity index (χ0v) is 11.6. The van der Waals surface area contributed by atoms with Crippen LogP contribution in [-0.4, -0.2) is 37.9 Å². The molecular formula is C12H19N7O. The Morgan fingerprint density at radius 1 is 1.60 bits per heavy atom. The van der Waals surface area contributed by atoms with Crippen molar-refractivity contribution in [2.75, 3.05) is 26.1 Å². The number of aromatic nitrogens is 1. The molecule has 0 saturated carbocycles. The van der Waals surface area contributed by atoms with E-state index in [4.69, 9.17) is 10.5 Å². The average molecular weight is 277 g/mol. The van der Waals surface area contributed by atoms with Crippen LogP contribution in [0.25, 0.3) is 0 Å². The quantitative estimate of drug-likeness (QED) is 0.305. The number of rotatable bonds is 7. The lowest BCUT2D eigenvalue weighted by Crippen LogP contribution is -2.37. The normalized spacial score (nSPS) is 14.6. The number of ether oxygens (including phenoxy) is 1. The molecule has 0 bridgehead atoms. The van der Waals surface area contributed by atoms with Crippen molar-refractivity contribution in [2.24, 2.45) is 15.8 Å². The molecule has 20 heavy (non-hydrogen) atoms. The minimum absolute atomic E-state index is 0.418. The lowest BCUT2D eigenvalue weighted by atomic mass is 10.3. The maximum atomic E-state index is 6.06. The standard InChI is InChI=1S/C12H19N7O/c1-14-18-12-9(6-16-12)17-11(13)10-5-4-8(7-20-3)19(10)15-2/h4-5,15-16,18H,1,6-7H2,2-3H3,(H2,13,17). The molecule has 0 fully saturated rings. The fourth-order valence-corrected chi connectivity index (χ4v) is 1.94. The van der Waals surface area contributed by atoms with Crippen LogP contribution in [0, 0.1) is 0 Å². The van der Waals surface area contributed by atoms with Gasteiger partial charge in [-0.2, -0.15) is 5.10 Å². The van der Waals surface area contributed by atoms with Crippen LogP contribution in [0.1, 0.15) is 11.4 Å². The van der Waals surface area contributed by atoms with Gasteiger partial charge in [0.2, 0.25) is 0 Å². The van der Waals surface area contributed by atoms with E-state index in [1.807, 2.05) is 23.9 Å².